The van der Waals surface area contributed by atoms with E-state index in [1.54, 1.807) is 7.11 Å². The number of nitrogens with zero attached hydrogens (tertiary/aromatic N) is 1. The number of aromatic nitrogens is 2. The van der Waals surface area contributed by atoms with Gasteiger partial charge in [0.1, 0.15) is 24.9 Å². The number of para-hydroxylation sites is 1. The Morgan fingerprint density at radius 2 is 1.96 bits per heavy atom. The smallest absolute Gasteiger partial charge is 0.272 e. The molecule has 0 saturated carbocycles. The molecular weight excluding hydrogens is 356 g/mol. The highest BCUT2D eigenvalue weighted by molar-refractivity contribution is 6.04. The normalized spacial score (nSPS) is 16.0. The Bertz CT molecular complexity index is 932. The van der Waals surface area contributed by atoms with E-state index in [2.05, 4.69) is 27.6 Å². The molecule has 1 aromatic heterocycles. The maximum Gasteiger partial charge on any atom is 0.272 e. The number of fused-ring (bicyclic) bond motifs is 1. The Kier molecular flexibility index (Phi) is 5.55. The highest BCUT2D eigenvalue weighted by Crippen LogP contribution is 2.17. The predicted molar refractivity (Wildman–Crippen MR) is 106 cm³/mol. The van der Waals surface area contributed by atoms with Crippen molar-refractivity contribution >= 4 is 16.8 Å². The number of morpholine rings is 1. The van der Waals surface area contributed by atoms with Crippen LogP contribution in [0.5, 0.6) is 5.75 Å². The van der Waals surface area contributed by atoms with Gasteiger partial charge in [0, 0.05) is 10.9 Å². The van der Waals surface area contributed by atoms with E-state index in [9.17, 15) is 4.79 Å². The number of hydrogen-bond donors (Lipinski definition) is 3. The number of carbonyl (C=O) groups excluding carboxylic acids is 1. The lowest BCUT2D eigenvalue weighted by atomic mass is 10.0. The van der Waals surface area contributed by atoms with E-state index in [4.69, 9.17) is 9.47 Å². The molecule has 28 heavy (non-hydrogen) atoms. The van der Waals surface area contributed by atoms with Crippen LogP contribution in [0.15, 0.2) is 48.5 Å². The number of methoxy groups -OCH3 is 1. The fourth-order valence-electron chi connectivity index (χ4n) is 3.73. The van der Waals surface area contributed by atoms with Crippen LogP contribution in [-0.2, 0) is 4.74 Å². The average molecular weight is 381 g/mol. The maximum absolute atomic E-state index is 12.8. The molecule has 7 heteroatoms. The Morgan fingerprint density at radius 1 is 1.21 bits per heavy atom. The van der Waals surface area contributed by atoms with Crippen molar-refractivity contribution in [2.24, 2.45) is 0 Å². The number of aromatic amines is 1. The van der Waals surface area contributed by atoms with Gasteiger partial charge in [-0.05, 0) is 30.3 Å². The minimum atomic E-state index is -0.163. The number of H-pyrrole nitrogens is 1. The molecular formula is C21H25N4O3+. The van der Waals surface area contributed by atoms with Crippen LogP contribution in [0.25, 0.3) is 10.9 Å². The molecule has 0 bridgehead atoms. The Hall–Kier alpha value is -2.90. The van der Waals surface area contributed by atoms with Crippen LogP contribution in [-0.4, -0.2) is 56.1 Å². The predicted octanol–water partition coefficient (Wildman–Crippen LogP) is 0.958. The van der Waals surface area contributed by atoms with Gasteiger partial charge < -0.3 is 19.7 Å². The number of nitrogens with one attached hydrogen (secondary N) is 3. The second-order valence-electron chi connectivity index (χ2n) is 6.92. The molecule has 0 aliphatic carbocycles. The van der Waals surface area contributed by atoms with E-state index in [1.807, 2.05) is 36.4 Å². The van der Waals surface area contributed by atoms with Crippen molar-refractivity contribution in [2.75, 3.05) is 40.0 Å². The summed E-state index contributed by atoms with van der Waals surface area (Å²) in [5.74, 6) is 0.662. The number of amides is 1. The average Bonchev–Trinajstić information content (AvgIpc) is 3.19. The zero-order chi connectivity index (χ0) is 19.3. The molecule has 1 aliphatic rings. The summed E-state index contributed by atoms with van der Waals surface area (Å²) in [5.41, 5.74) is 2.46. The molecule has 2 heterocycles. The van der Waals surface area contributed by atoms with Gasteiger partial charge in [-0.15, -0.1) is 0 Å². The van der Waals surface area contributed by atoms with Gasteiger partial charge in [-0.1, -0.05) is 18.2 Å². The van der Waals surface area contributed by atoms with Gasteiger partial charge in [-0.2, -0.15) is 5.10 Å². The molecule has 4 rings (SSSR count). The molecule has 1 aliphatic heterocycles. The fraction of sp³-hybridized carbons (Fsp3) is 0.333. The van der Waals surface area contributed by atoms with E-state index < -0.39 is 0 Å². The largest absolute Gasteiger partial charge is 0.497 e. The Morgan fingerprint density at radius 3 is 2.71 bits per heavy atom. The number of ether oxygens (including phenoxy) is 2. The van der Waals surface area contributed by atoms with Gasteiger partial charge >= 0.3 is 0 Å². The van der Waals surface area contributed by atoms with Crippen molar-refractivity contribution in [3.8, 4) is 5.75 Å². The summed E-state index contributed by atoms with van der Waals surface area (Å²) in [6, 6.07) is 15.9. The summed E-state index contributed by atoms with van der Waals surface area (Å²) < 4.78 is 10.8. The fourth-order valence-corrected chi connectivity index (χ4v) is 3.73. The molecule has 2 aromatic carbocycles. The minimum Gasteiger partial charge on any atom is -0.497 e. The first-order valence-corrected chi connectivity index (χ1v) is 9.54. The first-order valence-electron chi connectivity index (χ1n) is 9.54. The van der Waals surface area contributed by atoms with Crippen LogP contribution in [0.4, 0.5) is 0 Å². The minimum absolute atomic E-state index is 0.143. The van der Waals surface area contributed by atoms with Crippen LogP contribution < -0.4 is 15.0 Å². The third-order valence-electron chi connectivity index (χ3n) is 5.30. The first kappa shape index (κ1) is 18.5. The molecule has 0 unspecified atom stereocenters. The van der Waals surface area contributed by atoms with E-state index in [0.29, 0.717) is 12.2 Å². The second kappa shape index (κ2) is 8.41. The second-order valence-corrected chi connectivity index (χ2v) is 6.92. The summed E-state index contributed by atoms with van der Waals surface area (Å²) >= 11 is 0. The summed E-state index contributed by atoms with van der Waals surface area (Å²) in [7, 11) is 1.66. The van der Waals surface area contributed by atoms with E-state index >= 15 is 0 Å². The molecule has 0 spiro atoms. The summed E-state index contributed by atoms with van der Waals surface area (Å²) in [4.78, 5) is 14.2. The molecule has 1 fully saturated rings. The van der Waals surface area contributed by atoms with Gasteiger partial charge in [-0.3, -0.25) is 9.89 Å². The molecule has 146 valence electrons. The van der Waals surface area contributed by atoms with Gasteiger partial charge in [-0.25, -0.2) is 0 Å². The number of carbonyl (C=O) groups is 1. The van der Waals surface area contributed by atoms with E-state index in [-0.39, 0.29) is 11.9 Å². The lowest BCUT2D eigenvalue weighted by Crippen LogP contribution is -3.15. The van der Waals surface area contributed by atoms with Crippen LogP contribution in [0, 0.1) is 0 Å². The Balaban J connectivity index is 1.52. The zero-order valence-electron chi connectivity index (χ0n) is 15.9. The third kappa shape index (κ3) is 3.85. The lowest BCUT2D eigenvalue weighted by Gasteiger charge is -2.32. The number of quaternary nitrogens is 1. The quantitative estimate of drug-likeness (QED) is 0.594. The number of hydrogen-bond acceptors (Lipinski definition) is 4. The van der Waals surface area contributed by atoms with Crippen molar-refractivity contribution in [3.63, 3.8) is 0 Å². The molecule has 0 radical (unpaired) electrons. The monoisotopic (exact) mass is 381 g/mol. The molecule has 1 atom stereocenters. The van der Waals surface area contributed by atoms with Crippen molar-refractivity contribution in [2.45, 2.75) is 6.04 Å². The third-order valence-corrected chi connectivity index (χ3v) is 5.30. The standard InChI is InChI=1S/C21H24N4O3/c1-27-16-8-6-15(7-9-16)19(25-10-12-28-13-11-25)14-22-21(26)20-17-4-2-3-5-18(17)23-24-20/h2-9,19H,10-14H2,1H3,(H,22,26)(H,23,24)/p+1/t19-/m1/s1. The van der Waals surface area contributed by atoms with Crippen LogP contribution in [0.2, 0.25) is 0 Å². The lowest BCUT2D eigenvalue weighted by molar-refractivity contribution is -0.937. The summed E-state index contributed by atoms with van der Waals surface area (Å²) in [5, 5.41) is 11.0. The zero-order valence-corrected chi connectivity index (χ0v) is 15.9. The van der Waals surface area contributed by atoms with Crippen LogP contribution in [0.3, 0.4) is 0 Å². The van der Waals surface area contributed by atoms with Gasteiger partial charge in [0.2, 0.25) is 0 Å². The first-order chi connectivity index (χ1) is 13.8. The maximum atomic E-state index is 12.8. The molecule has 7 nitrogen and oxygen atoms in total. The summed E-state index contributed by atoms with van der Waals surface area (Å²) in [6.07, 6.45) is 0. The van der Waals surface area contributed by atoms with E-state index in [0.717, 1.165) is 43.0 Å². The van der Waals surface area contributed by atoms with E-state index in [1.165, 1.54) is 10.5 Å². The van der Waals surface area contributed by atoms with Crippen molar-refractivity contribution in [3.05, 3.63) is 59.8 Å². The highest BCUT2D eigenvalue weighted by atomic mass is 16.5. The molecule has 1 saturated heterocycles. The summed E-state index contributed by atoms with van der Waals surface area (Å²) in [6.45, 7) is 3.83. The molecule has 1 amide bonds. The van der Waals surface area contributed by atoms with Crippen molar-refractivity contribution in [1.82, 2.24) is 15.5 Å². The SMILES string of the molecule is COc1ccc([C@@H](CNC(=O)c2n[nH]c3ccccc23)[NH+]2CCOCC2)cc1. The molecule has 3 N–H and O–H groups in total. The van der Waals surface area contributed by atoms with Crippen LogP contribution >= 0.6 is 0 Å². The van der Waals surface area contributed by atoms with Gasteiger partial charge in [0.25, 0.3) is 5.91 Å². The molecule has 3 aromatic rings. The number of benzene rings is 2. The van der Waals surface area contributed by atoms with Crippen molar-refractivity contribution in [1.29, 1.82) is 0 Å². The topological polar surface area (TPSA) is 80.7 Å². The van der Waals surface area contributed by atoms with Crippen molar-refractivity contribution < 1.29 is 19.2 Å². The van der Waals surface area contributed by atoms with Crippen LogP contribution in [0.1, 0.15) is 22.1 Å². The van der Waals surface area contributed by atoms with Gasteiger partial charge in [0.05, 0.1) is 32.4 Å². The number of rotatable bonds is 6. The highest BCUT2D eigenvalue weighted by Gasteiger charge is 2.27. The Labute approximate surface area is 163 Å². The van der Waals surface area contributed by atoms with Gasteiger partial charge in [0.15, 0.2) is 5.69 Å².